The smallest absolute Gasteiger partial charge is 0.422 e. The molecule has 0 bridgehead atoms. The quantitative estimate of drug-likeness (QED) is 0.387. The summed E-state index contributed by atoms with van der Waals surface area (Å²) in [7, 11) is 0. The fourth-order valence-corrected chi connectivity index (χ4v) is 1.88. The van der Waals surface area contributed by atoms with E-state index in [1.807, 2.05) is 30.3 Å². The first-order valence-corrected chi connectivity index (χ1v) is 7.28. The minimum Gasteiger partial charge on any atom is -0.484 e. The monoisotopic (exact) mass is 465 g/mol. The first-order chi connectivity index (χ1) is 11.4. The second kappa shape index (κ2) is 10.1. The highest BCUT2D eigenvalue weighted by atomic mass is 127. The maximum atomic E-state index is 12.1. The third kappa shape index (κ3) is 8.62. The average molecular weight is 465 g/mol. The Bertz CT molecular complexity index is 661. The van der Waals surface area contributed by atoms with Gasteiger partial charge in [-0.2, -0.15) is 13.2 Å². The van der Waals surface area contributed by atoms with Gasteiger partial charge in [0.1, 0.15) is 5.75 Å². The molecule has 0 spiro atoms. The average Bonchev–Trinajstić information content (AvgIpc) is 2.57. The number of guanidine groups is 1. The number of nitrogens with two attached hydrogens (primary N) is 1. The van der Waals surface area contributed by atoms with Gasteiger partial charge in [0.25, 0.3) is 0 Å². The van der Waals surface area contributed by atoms with Gasteiger partial charge in [-0.15, -0.1) is 24.0 Å². The molecule has 0 saturated carbocycles. The Kier molecular flexibility index (Phi) is 8.53. The molecule has 8 heteroatoms. The molecule has 2 rings (SSSR count). The molecule has 3 N–H and O–H groups in total. The highest BCUT2D eigenvalue weighted by Crippen LogP contribution is 2.18. The van der Waals surface area contributed by atoms with Crippen molar-refractivity contribution in [3.05, 3.63) is 65.7 Å². The molecule has 0 aromatic heterocycles. The molecule has 0 aliphatic rings. The molecule has 0 aliphatic heterocycles. The van der Waals surface area contributed by atoms with Crippen LogP contribution in [-0.2, 0) is 13.1 Å². The van der Waals surface area contributed by atoms with E-state index in [0.29, 0.717) is 19.0 Å². The first kappa shape index (κ1) is 21.1. The summed E-state index contributed by atoms with van der Waals surface area (Å²) in [6.45, 7) is -0.406. The predicted octanol–water partition coefficient (Wildman–Crippen LogP) is 3.85. The third-order valence-electron chi connectivity index (χ3n) is 3.07. The van der Waals surface area contributed by atoms with Crippen molar-refractivity contribution >= 4 is 29.9 Å². The molecule has 25 heavy (non-hydrogen) atoms. The fraction of sp³-hybridized carbons (Fsp3) is 0.235. The second-order valence-corrected chi connectivity index (χ2v) is 5.09. The Hall–Kier alpha value is -1.97. The molecular formula is C17H19F3IN3O. The molecule has 136 valence electrons. The van der Waals surface area contributed by atoms with Crippen molar-refractivity contribution in [2.45, 2.75) is 19.3 Å². The van der Waals surface area contributed by atoms with E-state index in [4.69, 9.17) is 5.73 Å². The van der Waals surface area contributed by atoms with Gasteiger partial charge in [-0.25, -0.2) is 4.99 Å². The van der Waals surface area contributed by atoms with E-state index in [9.17, 15) is 13.2 Å². The van der Waals surface area contributed by atoms with Crippen LogP contribution in [-0.4, -0.2) is 18.7 Å². The van der Waals surface area contributed by atoms with E-state index in [-0.39, 0.29) is 29.7 Å². The number of aliphatic imine (C=N–C) groups is 1. The SMILES string of the molecule is I.NC(=NCc1ccccc1)NCc1ccc(OCC(F)(F)F)cc1. The predicted molar refractivity (Wildman–Crippen MR) is 102 cm³/mol. The number of nitrogens with one attached hydrogen (secondary N) is 1. The summed E-state index contributed by atoms with van der Waals surface area (Å²) in [6, 6.07) is 16.0. The van der Waals surface area contributed by atoms with E-state index >= 15 is 0 Å². The Labute approximate surface area is 161 Å². The number of alkyl halides is 3. The molecule has 2 aromatic rings. The molecule has 0 fully saturated rings. The van der Waals surface area contributed by atoms with Crippen LogP contribution in [0.25, 0.3) is 0 Å². The van der Waals surface area contributed by atoms with Gasteiger partial charge in [0.2, 0.25) is 0 Å². The first-order valence-electron chi connectivity index (χ1n) is 7.28. The number of halogens is 4. The van der Waals surface area contributed by atoms with Crippen molar-refractivity contribution in [1.29, 1.82) is 0 Å². The number of ether oxygens (including phenoxy) is 1. The lowest BCUT2D eigenvalue weighted by Crippen LogP contribution is -2.31. The number of benzene rings is 2. The Morgan fingerprint density at radius 1 is 1.00 bits per heavy atom. The van der Waals surface area contributed by atoms with Crippen LogP contribution in [0.4, 0.5) is 13.2 Å². The summed E-state index contributed by atoms with van der Waals surface area (Å²) in [6.07, 6.45) is -4.34. The van der Waals surface area contributed by atoms with Crippen molar-refractivity contribution in [2.24, 2.45) is 10.7 Å². The summed E-state index contributed by atoms with van der Waals surface area (Å²) in [5.41, 5.74) is 7.69. The van der Waals surface area contributed by atoms with Crippen LogP contribution >= 0.6 is 24.0 Å². The molecule has 0 atom stereocenters. The minimum absolute atomic E-state index is 0. The summed E-state index contributed by atoms with van der Waals surface area (Å²) in [4.78, 5) is 4.22. The van der Waals surface area contributed by atoms with Gasteiger partial charge in [-0.3, -0.25) is 0 Å². The lowest BCUT2D eigenvalue weighted by molar-refractivity contribution is -0.153. The van der Waals surface area contributed by atoms with Crippen molar-refractivity contribution in [3.8, 4) is 5.75 Å². The summed E-state index contributed by atoms with van der Waals surface area (Å²) in [5.74, 6) is 0.470. The standard InChI is InChI=1S/C17H18F3N3O.HI/c18-17(19,20)12-24-15-8-6-14(7-9-15)11-23-16(21)22-10-13-4-2-1-3-5-13;/h1-9H,10-12H2,(H3,21,22,23);1H. The van der Waals surface area contributed by atoms with Crippen molar-refractivity contribution in [1.82, 2.24) is 5.32 Å². The molecule has 0 amide bonds. The third-order valence-corrected chi connectivity index (χ3v) is 3.07. The maximum Gasteiger partial charge on any atom is 0.422 e. The Morgan fingerprint density at radius 3 is 2.24 bits per heavy atom. The summed E-state index contributed by atoms with van der Waals surface area (Å²) < 4.78 is 40.8. The molecule has 0 saturated heterocycles. The van der Waals surface area contributed by atoms with Crippen LogP contribution in [0.2, 0.25) is 0 Å². The van der Waals surface area contributed by atoms with Gasteiger partial charge in [0.05, 0.1) is 6.54 Å². The molecule has 0 unspecified atom stereocenters. The molecule has 0 aliphatic carbocycles. The fourth-order valence-electron chi connectivity index (χ4n) is 1.88. The zero-order chi connectivity index (χ0) is 17.4. The van der Waals surface area contributed by atoms with Crippen LogP contribution < -0.4 is 15.8 Å². The number of hydrogen-bond donors (Lipinski definition) is 2. The van der Waals surface area contributed by atoms with E-state index in [0.717, 1.165) is 11.1 Å². The van der Waals surface area contributed by atoms with Gasteiger partial charge >= 0.3 is 6.18 Å². The van der Waals surface area contributed by atoms with Gasteiger partial charge < -0.3 is 15.8 Å². The molecule has 0 heterocycles. The summed E-state index contributed by atoms with van der Waals surface area (Å²) >= 11 is 0. The topological polar surface area (TPSA) is 59.6 Å². The van der Waals surface area contributed by atoms with E-state index in [2.05, 4.69) is 15.0 Å². The van der Waals surface area contributed by atoms with Gasteiger partial charge in [0, 0.05) is 6.54 Å². The van der Waals surface area contributed by atoms with Crippen LogP contribution in [0.5, 0.6) is 5.75 Å². The molecule has 2 aromatic carbocycles. The summed E-state index contributed by atoms with van der Waals surface area (Å²) in [5, 5.41) is 2.95. The lowest BCUT2D eigenvalue weighted by Gasteiger charge is -2.10. The lowest BCUT2D eigenvalue weighted by atomic mass is 10.2. The van der Waals surface area contributed by atoms with Crippen LogP contribution in [0, 0.1) is 0 Å². The number of nitrogens with zero attached hydrogens (tertiary/aromatic N) is 1. The molecule has 4 nitrogen and oxygen atoms in total. The number of rotatable bonds is 6. The van der Waals surface area contributed by atoms with Crippen LogP contribution in [0.15, 0.2) is 59.6 Å². The maximum absolute atomic E-state index is 12.1. The van der Waals surface area contributed by atoms with Gasteiger partial charge in [0.15, 0.2) is 12.6 Å². The minimum atomic E-state index is -4.34. The zero-order valence-electron chi connectivity index (χ0n) is 13.3. The van der Waals surface area contributed by atoms with E-state index in [1.54, 1.807) is 12.1 Å². The molecule has 0 radical (unpaired) electrons. The highest BCUT2D eigenvalue weighted by Gasteiger charge is 2.28. The van der Waals surface area contributed by atoms with Gasteiger partial charge in [-0.05, 0) is 23.3 Å². The second-order valence-electron chi connectivity index (χ2n) is 5.09. The normalized spacial score (nSPS) is 11.6. The number of hydrogen-bond acceptors (Lipinski definition) is 2. The van der Waals surface area contributed by atoms with E-state index in [1.165, 1.54) is 12.1 Å². The van der Waals surface area contributed by atoms with E-state index < -0.39 is 12.8 Å². The largest absolute Gasteiger partial charge is 0.484 e. The Balaban J connectivity index is 0.00000312. The van der Waals surface area contributed by atoms with Crippen molar-refractivity contribution in [3.63, 3.8) is 0 Å². The zero-order valence-corrected chi connectivity index (χ0v) is 15.6. The highest BCUT2D eigenvalue weighted by molar-refractivity contribution is 14.0. The Morgan fingerprint density at radius 2 is 1.64 bits per heavy atom. The molecular weight excluding hydrogens is 446 g/mol. The van der Waals surface area contributed by atoms with Crippen molar-refractivity contribution < 1.29 is 17.9 Å². The van der Waals surface area contributed by atoms with Gasteiger partial charge in [-0.1, -0.05) is 42.5 Å². The van der Waals surface area contributed by atoms with Crippen molar-refractivity contribution in [2.75, 3.05) is 6.61 Å². The van der Waals surface area contributed by atoms with Crippen LogP contribution in [0.3, 0.4) is 0 Å². The van der Waals surface area contributed by atoms with Crippen LogP contribution in [0.1, 0.15) is 11.1 Å².